The minimum absolute atomic E-state index is 0. The normalized spacial score (nSPS) is 11.2. The summed E-state index contributed by atoms with van der Waals surface area (Å²) >= 11 is 0. The van der Waals surface area contributed by atoms with Gasteiger partial charge >= 0.3 is 0 Å². The van der Waals surface area contributed by atoms with Crippen LogP contribution in [0.2, 0.25) is 0 Å². The Balaban J connectivity index is 0.00000324. The highest BCUT2D eigenvalue weighted by molar-refractivity contribution is 14.0. The van der Waals surface area contributed by atoms with Crippen LogP contribution in [0.5, 0.6) is 5.75 Å². The second-order valence-corrected chi connectivity index (χ2v) is 4.55. The molecule has 0 radical (unpaired) electrons. The summed E-state index contributed by atoms with van der Waals surface area (Å²) in [4.78, 5) is 8.63. The van der Waals surface area contributed by atoms with E-state index in [1.54, 1.807) is 13.3 Å². The zero-order valence-corrected chi connectivity index (χ0v) is 14.5. The number of rotatable bonds is 4. The number of nitrogens with two attached hydrogens (primary N) is 1. The molecule has 6 heteroatoms. The van der Waals surface area contributed by atoms with E-state index in [0.717, 1.165) is 22.6 Å². The van der Waals surface area contributed by atoms with E-state index >= 15 is 0 Å². The Bertz CT molecular complexity index is 447. The molecule has 5 nitrogen and oxygen atoms in total. The molecule has 0 fully saturated rings. The maximum absolute atomic E-state index is 5.75. The van der Waals surface area contributed by atoms with Gasteiger partial charge in [0.2, 0.25) is 0 Å². The summed E-state index contributed by atoms with van der Waals surface area (Å²) < 4.78 is 5.35. The highest BCUT2D eigenvalue weighted by Crippen LogP contribution is 2.24. The van der Waals surface area contributed by atoms with Crippen molar-refractivity contribution in [2.45, 2.75) is 40.3 Å². The van der Waals surface area contributed by atoms with Gasteiger partial charge in [-0.3, -0.25) is 4.98 Å². The van der Waals surface area contributed by atoms with Crippen molar-refractivity contribution in [1.29, 1.82) is 0 Å². The van der Waals surface area contributed by atoms with Gasteiger partial charge in [-0.2, -0.15) is 0 Å². The van der Waals surface area contributed by atoms with Crippen LogP contribution in [-0.4, -0.2) is 24.1 Å². The average Bonchev–Trinajstić information content (AvgIpc) is 2.27. The summed E-state index contributed by atoms with van der Waals surface area (Å²) in [5.74, 6) is 1.30. The standard InChI is InChI=1S/C13H22N4O.HI/c1-8(2)17-13(14)16-7-11-10(4)12(18-5)9(3)6-15-11;/h6,8H,7H2,1-5H3,(H3,14,16,17);1H. The number of aryl methyl sites for hydroxylation is 1. The van der Waals surface area contributed by atoms with Crippen molar-refractivity contribution in [2.24, 2.45) is 10.7 Å². The van der Waals surface area contributed by atoms with E-state index in [9.17, 15) is 0 Å². The highest BCUT2D eigenvalue weighted by atomic mass is 127. The molecule has 19 heavy (non-hydrogen) atoms. The number of hydrogen-bond acceptors (Lipinski definition) is 3. The predicted molar refractivity (Wildman–Crippen MR) is 89.3 cm³/mol. The summed E-state index contributed by atoms with van der Waals surface area (Å²) in [5, 5.41) is 3.04. The number of guanidine groups is 1. The Morgan fingerprint density at radius 2 is 2.11 bits per heavy atom. The zero-order valence-electron chi connectivity index (χ0n) is 12.2. The Morgan fingerprint density at radius 1 is 1.47 bits per heavy atom. The van der Waals surface area contributed by atoms with Crippen LogP contribution < -0.4 is 15.8 Å². The molecule has 0 aliphatic carbocycles. The maximum atomic E-state index is 5.75. The van der Waals surface area contributed by atoms with Crippen LogP contribution in [0.3, 0.4) is 0 Å². The summed E-state index contributed by atoms with van der Waals surface area (Å²) in [5.41, 5.74) is 8.67. The van der Waals surface area contributed by atoms with Crippen molar-refractivity contribution in [3.05, 3.63) is 23.0 Å². The number of nitrogens with zero attached hydrogens (tertiary/aromatic N) is 2. The lowest BCUT2D eigenvalue weighted by atomic mass is 10.1. The molecule has 0 aliphatic heterocycles. The SMILES string of the molecule is COc1c(C)cnc(CN=C(N)NC(C)C)c1C.I. The number of nitrogens with one attached hydrogen (secondary N) is 1. The second kappa shape index (κ2) is 8.19. The molecule has 0 saturated carbocycles. The van der Waals surface area contributed by atoms with E-state index in [0.29, 0.717) is 12.5 Å². The largest absolute Gasteiger partial charge is 0.496 e. The van der Waals surface area contributed by atoms with Gasteiger partial charge < -0.3 is 15.8 Å². The molecule has 108 valence electrons. The summed E-state index contributed by atoms with van der Waals surface area (Å²) in [6.45, 7) is 8.44. The molecule has 1 aromatic heterocycles. The van der Waals surface area contributed by atoms with Crippen molar-refractivity contribution < 1.29 is 4.74 Å². The first kappa shape index (κ1) is 17.9. The van der Waals surface area contributed by atoms with Crippen LogP contribution in [0.4, 0.5) is 0 Å². The van der Waals surface area contributed by atoms with Gasteiger partial charge in [0.1, 0.15) is 5.75 Å². The first-order valence-electron chi connectivity index (χ1n) is 6.01. The van der Waals surface area contributed by atoms with E-state index in [2.05, 4.69) is 15.3 Å². The fourth-order valence-electron chi connectivity index (χ4n) is 1.73. The molecule has 0 spiro atoms. The number of ether oxygens (including phenoxy) is 1. The lowest BCUT2D eigenvalue weighted by Gasteiger charge is -2.12. The predicted octanol–water partition coefficient (Wildman–Crippen LogP) is 2.14. The van der Waals surface area contributed by atoms with E-state index in [1.165, 1.54) is 0 Å². The maximum Gasteiger partial charge on any atom is 0.189 e. The van der Waals surface area contributed by atoms with Gasteiger partial charge in [0.25, 0.3) is 0 Å². The average molecular weight is 378 g/mol. The van der Waals surface area contributed by atoms with Gasteiger partial charge in [0.15, 0.2) is 5.96 Å². The van der Waals surface area contributed by atoms with E-state index < -0.39 is 0 Å². The van der Waals surface area contributed by atoms with Crippen LogP contribution >= 0.6 is 24.0 Å². The number of halogens is 1. The highest BCUT2D eigenvalue weighted by Gasteiger charge is 2.08. The molecule has 0 unspecified atom stereocenters. The molecule has 1 rings (SSSR count). The number of methoxy groups -OCH3 is 1. The van der Waals surface area contributed by atoms with Crippen LogP contribution in [-0.2, 0) is 6.54 Å². The fraction of sp³-hybridized carbons (Fsp3) is 0.538. The molecular weight excluding hydrogens is 355 g/mol. The van der Waals surface area contributed by atoms with Gasteiger partial charge in [-0.15, -0.1) is 24.0 Å². The fourth-order valence-corrected chi connectivity index (χ4v) is 1.73. The topological polar surface area (TPSA) is 72.5 Å². The lowest BCUT2D eigenvalue weighted by Crippen LogP contribution is -2.36. The van der Waals surface area contributed by atoms with Gasteiger partial charge in [0.05, 0.1) is 19.3 Å². The number of hydrogen-bond donors (Lipinski definition) is 2. The van der Waals surface area contributed by atoms with Gasteiger partial charge in [-0.05, 0) is 27.7 Å². The third-order valence-corrected chi connectivity index (χ3v) is 2.59. The van der Waals surface area contributed by atoms with Crippen molar-refractivity contribution >= 4 is 29.9 Å². The van der Waals surface area contributed by atoms with Crippen LogP contribution in [0.15, 0.2) is 11.2 Å². The minimum atomic E-state index is 0. The minimum Gasteiger partial charge on any atom is -0.496 e. The quantitative estimate of drug-likeness (QED) is 0.479. The first-order chi connectivity index (χ1) is 8.45. The molecule has 1 heterocycles. The van der Waals surface area contributed by atoms with Crippen LogP contribution in [0.1, 0.15) is 30.7 Å². The smallest absolute Gasteiger partial charge is 0.189 e. The van der Waals surface area contributed by atoms with Crippen LogP contribution in [0, 0.1) is 13.8 Å². The van der Waals surface area contributed by atoms with E-state index in [4.69, 9.17) is 10.5 Å². The van der Waals surface area contributed by atoms with Gasteiger partial charge in [0, 0.05) is 23.4 Å². The first-order valence-corrected chi connectivity index (χ1v) is 6.01. The van der Waals surface area contributed by atoms with E-state index in [-0.39, 0.29) is 30.0 Å². The lowest BCUT2D eigenvalue weighted by molar-refractivity contribution is 0.407. The summed E-state index contributed by atoms with van der Waals surface area (Å²) in [6.07, 6.45) is 1.79. The molecular formula is C13H23IN4O. The molecule has 0 atom stereocenters. The third-order valence-electron chi connectivity index (χ3n) is 2.59. The van der Waals surface area contributed by atoms with E-state index in [1.807, 2.05) is 27.7 Å². The Morgan fingerprint density at radius 3 is 2.63 bits per heavy atom. The molecule has 0 aliphatic rings. The monoisotopic (exact) mass is 378 g/mol. The van der Waals surface area contributed by atoms with Crippen molar-refractivity contribution in [1.82, 2.24) is 10.3 Å². The second-order valence-electron chi connectivity index (χ2n) is 4.55. The van der Waals surface area contributed by atoms with Crippen LogP contribution in [0.25, 0.3) is 0 Å². The molecule has 0 bridgehead atoms. The summed E-state index contributed by atoms with van der Waals surface area (Å²) in [7, 11) is 1.66. The van der Waals surface area contributed by atoms with Gasteiger partial charge in [-0.1, -0.05) is 0 Å². The Labute approximate surface area is 132 Å². The molecule has 3 N–H and O–H groups in total. The molecule has 0 amide bonds. The number of aromatic nitrogens is 1. The number of aliphatic imine (C=N–C) groups is 1. The van der Waals surface area contributed by atoms with Gasteiger partial charge in [-0.25, -0.2) is 4.99 Å². The molecule has 1 aromatic rings. The molecule has 0 saturated heterocycles. The van der Waals surface area contributed by atoms with Crippen molar-refractivity contribution in [3.63, 3.8) is 0 Å². The molecule has 0 aromatic carbocycles. The summed E-state index contributed by atoms with van der Waals surface area (Å²) in [6, 6.07) is 0.273. The zero-order chi connectivity index (χ0) is 13.7. The number of pyridine rings is 1. The Hall–Kier alpha value is -1.05. The third kappa shape index (κ3) is 5.22. The van der Waals surface area contributed by atoms with Crippen molar-refractivity contribution in [3.8, 4) is 5.75 Å². The van der Waals surface area contributed by atoms with Crippen molar-refractivity contribution in [2.75, 3.05) is 7.11 Å². The Kier molecular flexibility index (Phi) is 7.73.